The lowest BCUT2D eigenvalue weighted by atomic mass is 9.98. The van der Waals surface area contributed by atoms with E-state index in [4.69, 9.17) is 0 Å². The van der Waals surface area contributed by atoms with Crippen molar-refractivity contribution in [2.24, 2.45) is 0 Å². The van der Waals surface area contributed by atoms with Gasteiger partial charge in [-0.1, -0.05) is 25.1 Å². The summed E-state index contributed by atoms with van der Waals surface area (Å²) in [5.74, 6) is -0.105. The minimum absolute atomic E-state index is 0.105. The van der Waals surface area contributed by atoms with Crippen molar-refractivity contribution in [2.45, 2.75) is 19.3 Å². The number of hydrogen-bond acceptors (Lipinski definition) is 1. The van der Waals surface area contributed by atoms with Crippen molar-refractivity contribution in [3.05, 3.63) is 36.0 Å². The molecule has 14 heavy (non-hydrogen) atoms. The van der Waals surface area contributed by atoms with E-state index in [0.29, 0.717) is 0 Å². The number of aromatic amines is 1. The average molecular weight is 186 g/mol. The number of benzene rings is 1. The standard InChI is InChI=1S/C12H12NO/c1-2-9(8-14)11-7-13-12-6-4-3-5-10(11)12/h3-7,9,13H,2H2,1H3. The molecule has 0 spiro atoms. The summed E-state index contributed by atoms with van der Waals surface area (Å²) >= 11 is 0. The second-order valence-electron chi connectivity index (χ2n) is 3.37. The third kappa shape index (κ3) is 1.33. The minimum atomic E-state index is -0.105. The molecule has 0 aliphatic carbocycles. The van der Waals surface area contributed by atoms with Crippen LogP contribution in [0.25, 0.3) is 10.9 Å². The van der Waals surface area contributed by atoms with Crippen LogP contribution in [0.4, 0.5) is 0 Å². The lowest BCUT2D eigenvalue weighted by molar-refractivity contribution is 0.540. The van der Waals surface area contributed by atoms with Gasteiger partial charge in [-0.05, 0) is 18.1 Å². The molecule has 1 unspecified atom stereocenters. The zero-order chi connectivity index (χ0) is 9.97. The molecule has 2 aromatic rings. The number of rotatable bonds is 3. The number of para-hydroxylation sites is 1. The molecule has 0 fully saturated rings. The second kappa shape index (κ2) is 3.66. The number of nitrogens with one attached hydrogen (secondary N) is 1. The first-order chi connectivity index (χ1) is 6.86. The van der Waals surface area contributed by atoms with Crippen molar-refractivity contribution >= 4 is 17.2 Å². The van der Waals surface area contributed by atoms with Crippen molar-refractivity contribution < 1.29 is 4.79 Å². The Bertz CT molecular complexity index is 444. The molecule has 1 radical (unpaired) electrons. The van der Waals surface area contributed by atoms with Crippen LogP contribution in [-0.2, 0) is 4.79 Å². The smallest absolute Gasteiger partial charge is 0.206 e. The summed E-state index contributed by atoms with van der Waals surface area (Å²) in [5.41, 5.74) is 2.13. The van der Waals surface area contributed by atoms with E-state index in [9.17, 15) is 4.79 Å². The van der Waals surface area contributed by atoms with Gasteiger partial charge in [-0.3, -0.25) is 4.79 Å². The second-order valence-corrected chi connectivity index (χ2v) is 3.37. The van der Waals surface area contributed by atoms with Crippen LogP contribution in [0.5, 0.6) is 0 Å². The van der Waals surface area contributed by atoms with Crippen molar-refractivity contribution in [1.29, 1.82) is 0 Å². The van der Waals surface area contributed by atoms with Gasteiger partial charge in [0.15, 0.2) is 0 Å². The van der Waals surface area contributed by atoms with Crippen LogP contribution >= 0.6 is 0 Å². The molecule has 2 heteroatoms. The van der Waals surface area contributed by atoms with E-state index in [-0.39, 0.29) is 5.92 Å². The molecule has 1 aromatic carbocycles. The highest BCUT2D eigenvalue weighted by Crippen LogP contribution is 2.25. The number of H-pyrrole nitrogens is 1. The van der Waals surface area contributed by atoms with Gasteiger partial charge in [0, 0.05) is 17.1 Å². The Morgan fingerprint density at radius 2 is 2.21 bits per heavy atom. The zero-order valence-corrected chi connectivity index (χ0v) is 8.08. The lowest BCUT2D eigenvalue weighted by Gasteiger charge is -2.03. The molecule has 0 saturated carbocycles. The normalized spacial score (nSPS) is 12.9. The highest BCUT2D eigenvalue weighted by Gasteiger charge is 2.13. The van der Waals surface area contributed by atoms with Crippen LogP contribution in [0.2, 0.25) is 0 Å². The fourth-order valence-corrected chi connectivity index (χ4v) is 1.75. The van der Waals surface area contributed by atoms with Crippen LogP contribution in [-0.4, -0.2) is 11.3 Å². The van der Waals surface area contributed by atoms with Gasteiger partial charge in [-0.25, -0.2) is 0 Å². The van der Waals surface area contributed by atoms with E-state index in [1.54, 1.807) is 0 Å². The summed E-state index contributed by atoms with van der Waals surface area (Å²) in [4.78, 5) is 13.9. The molecule has 1 heterocycles. The molecule has 2 rings (SSSR count). The van der Waals surface area contributed by atoms with Gasteiger partial charge in [0.2, 0.25) is 6.29 Å². The SMILES string of the molecule is CCC([C]=O)c1c[nH]c2ccccc12. The van der Waals surface area contributed by atoms with Gasteiger partial charge >= 0.3 is 0 Å². The molecule has 1 aromatic heterocycles. The minimum Gasteiger partial charge on any atom is -0.361 e. The van der Waals surface area contributed by atoms with Crippen LogP contribution in [0.15, 0.2) is 30.5 Å². The van der Waals surface area contributed by atoms with E-state index >= 15 is 0 Å². The molecule has 0 aliphatic heterocycles. The number of hydrogen-bond donors (Lipinski definition) is 1. The Balaban J connectivity index is 2.57. The van der Waals surface area contributed by atoms with Crippen molar-refractivity contribution in [3.8, 4) is 0 Å². The summed E-state index contributed by atoms with van der Waals surface area (Å²) in [7, 11) is 0. The molecular weight excluding hydrogens is 174 g/mol. The first kappa shape index (κ1) is 9.00. The monoisotopic (exact) mass is 186 g/mol. The predicted molar refractivity (Wildman–Crippen MR) is 57.0 cm³/mol. The number of fused-ring (bicyclic) bond motifs is 1. The molecular formula is C12H12NO. The maximum atomic E-state index is 10.7. The maximum Gasteiger partial charge on any atom is 0.206 e. The van der Waals surface area contributed by atoms with E-state index in [1.807, 2.05) is 37.4 Å². The van der Waals surface area contributed by atoms with Gasteiger partial charge < -0.3 is 4.98 Å². The lowest BCUT2D eigenvalue weighted by Crippen LogP contribution is -1.96. The van der Waals surface area contributed by atoms with Gasteiger partial charge in [-0.15, -0.1) is 0 Å². The Labute approximate surface area is 82.9 Å². The van der Waals surface area contributed by atoms with E-state index in [2.05, 4.69) is 11.3 Å². The summed E-state index contributed by atoms with van der Waals surface area (Å²) in [5, 5.41) is 1.13. The third-order valence-electron chi connectivity index (χ3n) is 2.55. The Morgan fingerprint density at radius 1 is 1.43 bits per heavy atom. The third-order valence-corrected chi connectivity index (χ3v) is 2.55. The molecule has 71 valence electrons. The molecule has 1 N–H and O–H groups in total. The first-order valence-corrected chi connectivity index (χ1v) is 4.80. The molecule has 0 aliphatic rings. The first-order valence-electron chi connectivity index (χ1n) is 4.80. The molecule has 0 saturated heterocycles. The number of aromatic nitrogens is 1. The Kier molecular flexibility index (Phi) is 2.35. The van der Waals surface area contributed by atoms with Crippen LogP contribution in [0.3, 0.4) is 0 Å². The van der Waals surface area contributed by atoms with E-state index in [1.165, 1.54) is 0 Å². The van der Waals surface area contributed by atoms with Gasteiger partial charge in [0.05, 0.1) is 5.92 Å². The van der Waals surface area contributed by atoms with E-state index < -0.39 is 0 Å². The van der Waals surface area contributed by atoms with Crippen molar-refractivity contribution in [2.75, 3.05) is 0 Å². The molecule has 2 nitrogen and oxygen atoms in total. The topological polar surface area (TPSA) is 32.9 Å². The molecule has 0 bridgehead atoms. The zero-order valence-electron chi connectivity index (χ0n) is 8.08. The molecule has 1 atom stereocenters. The summed E-state index contributed by atoms with van der Waals surface area (Å²) in [6.45, 7) is 2.00. The average Bonchev–Trinajstić information content (AvgIpc) is 2.65. The van der Waals surface area contributed by atoms with Crippen molar-refractivity contribution in [3.63, 3.8) is 0 Å². The summed E-state index contributed by atoms with van der Waals surface area (Å²) in [6.07, 6.45) is 4.78. The quantitative estimate of drug-likeness (QED) is 0.785. The fraction of sp³-hybridized carbons (Fsp3) is 0.250. The predicted octanol–water partition coefficient (Wildman–Crippen LogP) is 2.77. The van der Waals surface area contributed by atoms with Gasteiger partial charge in [0.1, 0.15) is 0 Å². The summed E-state index contributed by atoms with van der Waals surface area (Å²) < 4.78 is 0. The van der Waals surface area contributed by atoms with E-state index in [0.717, 1.165) is 22.9 Å². The number of carbonyl (C=O) groups excluding carboxylic acids is 1. The van der Waals surface area contributed by atoms with Crippen LogP contribution in [0, 0.1) is 0 Å². The largest absolute Gasteiger partial charge is 0.361 e. The highest BCUT2D eigenvalue weighted by atomic mass is 16.1. The Hall–Kier alpha value is -1.57. The highest BCUT2D eigenvalue weighted by molar-refractivity contribution is 5.86. The summed E-state index contributed by atoms with van der Waals surface area (Å²) in [6, 6.07) is 8.00. The van der Waals surface area contributed by atoms with Crippen LogP contribution < -0.4 is 0 Å². The van der Waals surface area contributed by atoms with Crippen molar-refractivity contribution in [1.82, 2.24) is 4.98 Å². The fourth-order valence-electron chi connectivity index (χ4n) is 1.75. The van der Waals surface area contributed by atoms with Gasteiger partial charge in [-0.2, -0.15) is 0 Å². The maximum absolute atomic E-state index is 10.7. The Morgan fingerprint density at radius 3 is 2.93 bits per heavy atom. The molecule has 0 amide bonds. The van der Waals surface area contributed by atoms with Crippen LogP contribution in [0.1, 0.15) is 24.8 Å². The van der Waals surface area contributed by atoms with Gasteiger partial charge in [0.25, 0.3) is 0 Å².